The lowest BCUT2D eigenvalue weighted by atomic mass is 9.76. The van der Waals surface area contributed by atoms with E-state index in [0.717, 1.165) is 22.3 Å². The van der Waals surface area contributed by atoms with E-state index in [-0.39, 0.29) is 12.6 Å². The normalized spacial score (nSPS) is 12.1. The third kappa shape index (κ3) is 5.03. The number of ether oxygens (including phenoxy) is 2. The molecule has 34 heavy (non-hydrogen) atoms. The van der Waals surface area contributed by atoms with Gasteiger partial charge in [0, 0.05) is 0 Å². The van der Waals surface area contributed by atoms with Crippen molar-refractivity contribution in [3.8, 4) is 5.75 Å². The van der Waals surface area contributed by atoms with Crippen molar-refractivity contribution in [1.82, 2.24) is 5.32 Å². The third-order valence-electron chi connectivity index (χ3n) is 5.90. The minimum absolute atomic E-state index is 0.115. The Bertz CT molecular complexity index is 1100. The maximum Gasteiger partial charge on any atom is 0.326 e. The molecule has 0 aliphatic heterocycles. The number of benzene rings is 4. The minimum Gasteiger partial charge on any atom is -0.491 e. The molecule has 0 spiro atoms. The average molecular weight is 452 g/mol. The Balaban J connectivity index is 1.82. The molecule has 0 radical (unpaired) electrons. The summed E-state index contributed by atoms with van der Waals surface area (Å²) in [5, 5.41) is 3.65. The van der Waals surface area contributed by atoms with Crippen LogP contribution in [-0.2, 0) is 15.1 Å². The molecular weight excluding hydrogens is 422 g/mol. The van der Waals surface area contributed by atoms with E-state index in [2.05, 4.69) is 41.7 Å². The zero-order valence-corrected chi connectivity index (χ0v) is 19.5. The smallest absolute Gasteiger partial charge is 0.326 e. The molecule has 0 aliphatic rings. The molecule has 0 aromatic heterocycles. The van der Waals surface area contributed by atoms with E-state index in [9.17, 15) is 4.79 Å². The van der Waals surface area contributed by atoms with Crippen molar-refractivity contribution < 1.29 is 14.3 Å². The molecule has 0 saturated carbocycles. The summed E-state index contributed by atoms with van der Waals surface area (Å²) in [5.41, 5.74) is 3.32. The van der Waals surface area contributed by atoms with Crippen molar-refractivity contribution in [2.45, 2.75) is 18.5 Å². The zero-order chi connectivity index (χ0) is 23.8. The number of rotatable bonds is 9. The van der Waals surface area contributed by atoms with E-state index in [0.29, 0.717) is 5.75 Å². The quantitative estimate of drug-likeness (QED) is 0.270. The molecule has 4 aromatic carbocycles. The van der Waals surface area contributed by atoms with E-state index in [1.807, 2.05) is 85.8 Å². The predicted octanol–water partition coefficient (Wildman–Crippen LogP) is 5.50. The number of nitrogens with one attached hydrogen (secondary N) is 1. The molecule has 0 bridgehead atoms. The molecule has 4 heteroatoms. The van der Waals surface area contributed by atoms with Crippen LogP contribution in [0, 0.1) is 6.92 Å². The molecule has 4 rings (SSSR count). The highest BCUT2D eigenvalue weighted by Gasteiger charge is 2.40. The van der Waals surface area contributed by atoms with Gasteiger partial charge >= 0.3 is 5.97 Å². The maximum absolute atomic E-state index is 13.0. The lowest BCUT2D eigenvalue weighted by molar-refractivity contribution is -0.144. The Labute approximate surface area is 201 Å². The van der Waals surface area contributed by atoms with Gasteiger partial charge in [0.25, 0.3) is 0 Å². The molecule has 1 N–H and O–H groups in total. The summed E-state index contributed by atoms with van der Waals surface area (Å²) in [5.74, 6) is 0.320. The SMILES string of the molecule is COC(=O)[C@H](COc1cccc(C)c1)NC(c1ccccc1)(c1ccccc1)c1ccccc1. The van der Waals surface area contributed by atoms with Gasteiger partial charge in [-0.25, -0.2) is 0 Å². The van der Waals surface area contributed by atoms with Gasteiger partial charge in [-0.3, -0.25) is 10.1 Å². The van der Waals surface area contributed by atoms with E-state index in [1.54, 1.807) is 0 Å². The van der Waals surface area contributed by atoms with Crippen molar-refractivity contribution in [3.05, 3.63) is 138 Å². The number of hydrogen-bond acceptors (Lipinski definition) is 4. The first-order chi connectivity index (χ1) is 16.6. The summed E-state index contributed by atoms with van der Waals surface area (Å²) in [6, 6.07) is 37.5. The number of aryl methyl sites for hydroxylation is 1. The monoisotopic (exact) mass is 451 g/mol. The molecule has 0 saturated heterocycles. The van der Waals surface area contributed by atoms with Crippen LogP contribution in [0.1, 0.15) is 22.3 Å². The average Bonchev–Trinajstić information content (AvgIpc) is 2.90. The van der Waals surface area contributed by atoms with E-state index < -0.39 is 11.6 Å². The molecule has 0 fully saturated rings. The van der Waals surface area contributed by atoms with Crippen LogP contribution >= 0.6 is 0 Å². The van der Waals surface area contributed by atoms with Crippen LogP contribution < -0.4 is 10.1 Å². The van der Waals surface area contributed by atoms with Gasteiger partial charge in [0.05, 0.1) is 12.6 Å². The van der Waals surface area contributed by atoms with Crippen LogP contribution in [0.2, 0.25) is 0 Å². The van der Waals surface area contributed by atoms with E-state index in [4.69, 9.17) is 9.47 Å². The number of esters is 1. The van der Waals surface area contributed by atoms with Crippen LogP contribution in [0.5, 0.6) is 5.75 Å². The highest BCUT2D eigenvalue weighted by Crippen LogP contribution is 2.37. The minimum atomic E-state index is -0.807. The first kappa shape index (κ1) is 23.3. The summed E-state index contributed by atoms with van der Waals surface area (Å²) in [6.45, 7) is 2.12. The fraction of sp³-hybridized carbons (Fsp3) is 0.167. The second-order valence-electron chi connectivity index (χ2n) is 8.20. The number of hydrogen-bond donors (Lipinski definition) is 1. The van der Waals surface area contributed by atoms with Crippen molar-refractivity contribution in [3.63, 3.8) is 0 Å². The molecule has 4 aromatic rings. The molecule has 172 valence electrons. The van der Waals surface area contributed by atoms with Crippen LogP contribution in [0.4, 0.5) is 0 Å². The largest absolute Gasteiger partial charge is 0.491 e. The highest BCUT2D eigenvalue weighted by atomic mass is 16.5. The van der Waals surface area contributed by atoms with Gasteiger partial charge in [0.15, 0.2) is 0 Å². The van der Waals surface area contributed by atoms with Gasteiger partial charge in [-0.2, -0.15) is 0 Å². The van der Waals surface area contributed by atoms with Crippen molar-refractivity contribution >= 4 is 5.97 Å². The molecule has 4 nitrogen and oxygen atoms in total. The number of carbonyl (C=O) groups excluding carboxylic acids is 1. The molecule has 0 aliphatic carbocycles. The van der Waals surface area contributed by atoms with E-state index >= 15 is 0 Å². The first-order valence-electron chi connectivity index (χ1n) is 11.3. The molecule has 0 unspecified atom stereocenters. The van der Waals surface area contributed by atoms with Gasteiger partial charge in [-0.1, -0.05) is 103 Å². The standard InChI is InChI=1S/C30H29NO3/c1-23-13-12-20-27(21-23)34-22-28(29(32)33-2)31-30(24-14-6-3-7-15-24,25-16-8-4-9-17-25)26-18-10-5-11-19-26/h3-21,28,31H,22H2,1-2H3/t28-/m0/s1. The van der Waals surface area contributed by atoms with Gasteiger partial charge < -0.3 is 9.47 Å². The summed E-state index contributed by atoms with van der Waals surface area (Å²) in [4.78, 5) is 13.0. The first-order valence-corrected chi connectivity index (χ1v) is 11.3. The second kappa shape index (κ2) is 10.8. The lowest BCUT2D eigenvalue weighted by Crippen LogP contribution is -2.55. The molecule has 1 atom stereocenters. The van der Waals surface area contributed by atoms with Crippen LogP contribution in [0.15, 0.2) is 115 Å². The third-order valence-corrected chi connectivity index (χ3v) is 5.90. The Kier molecular flexibility index (Phi) is 7.41. The summed E-state index contributed by atoms with van der Waals surface area (Å²) >= 11 is 0. The highest BCUT2D eigenvalue weighted by molar-refractivity contribution is 5.76. The fourth-order valence-electron chi connectivity index (χ4n) is 4.27. The van der Waals surface area contributed by atoms with Crippen LogP contribution in [0.3, 0.4) is 0 Å². The molecule has 0 heterocycles. The summed E-state index contributed by atoms with van der Waals surface area (Å²) < 4.78 is 11.3. The summed E-state index contributed by atoms with van der Waals surface area (Å²) in [7, 11) is 1.40. The Hall–Kier alpha value is -3.89. The van der Waals surface area contributed by atoms with Gasteiger partial charge in [0.2, 0.25) is 0 Å². The summed E-state index contributed by atoms with van der Waals surface area (Å²) in [6.07, 6.45) is 0. The van der Waals surface area contributed by atoms with Crippen molar-refractivity contribution in [1.29, 1.82) is 0 Å². The lowest BCUT2D eigenvalue weighted by Gasteiger charge is -2.39. The second-order valence-corrected chi connectivity index (χ2v) is 8.20. The zero-order valence-electron chi connectivity index (χ0n) is 19.5. The van der Waals surface area contributed by atoms with Crippen LogP contribution in [-0.4, -0.2) is 25.7 Å². The van der Waals surface area contributed by atoms with Gasteiger partial charge in [-0.15, -0.1) is 0 Å². The fourth-order valence-corrected chi connectivity index (χ4v) is 4.27. The number of carbonyl (C=O) groups is 1. The maximum atomic E-state index is 13.0. The van der Waals surface area contributed by atoms with Crippen molar-refractivity contribution in [2.75, 3.05) is 13.7 Å². The van der Waals surface area contributed by atoms with E-state index in [1.165, 1.54) is 7.11 Å². The topological polar surface area (TPSA) is 47.6 Å². The molecule has 0 amide bonds. The van der Waals surface area contributed by atoms with Gasteiger partial charge in [0.1, 0.15) is 18.4 Å². The van der Waals surface area contributed by atoms with Crippen molar-refractivity contribution in [2.24, 2.45) is 0 Å². The Morgan fingerprint density at radius 3 is 1.71 bits per heavy atom. The Morgan fingerprint density at radius 2 is 1.26 bits per heavy atom. The van der Waals surface area contributed by atoms with Gasteiger partial charge in [-0.05, 0) is 41.3 Å². The van der Waals surface area contributed by atoms with Crippen LogP contribution in [0.25, 0.3) is 0 Å². The molecular formula is C30H29NO3. The Morgan fingerprint density at radius 1 is 0.765 bits per heavy atom. The number of methoxy groups -OCH3 is 1. The predicted molar refractivity (Wildman–Crippen MR) is 135 cm³/mol.